The van der Waals surface area contributed by atoms with Crippen molar-refractivity contribution in [2.45, 2.75) is 63.3 Å². The number of benzene rings is 2. The highest BCUT2D eigenvalue weighted by Gasteiger charge is 2.33. The van der Waals surface area contributed by atoms with Crippen molar-refractivity contribution in [3.8, 4) is 5.75 Å². The van der Waals surface area contributed by atoms with Gasteiger partial charge in [-0.25, -0.2) is 22.6 Å². The molecule has 4 rings (SSSR count). The topological polar surface area (TPSA) is 155 Å². The first kappa shape index (κ1) is 36.8. The number of hydrogen-bond acceptors (Lipinski definition) is 8. The van der Waals surface area contributed by atoms with Crippen LogP contribution >= 0.6 is 0 Å². The average Bonchev–Trinajstić information content (AvgIpc) is 3.50. The lowest BCUT2D eigenvalue weighted by molar-refractivity contribution is -0.00835. The fraction of sp³-hybridized carbons (Fsp3) is 0.485. The fourth-order valence-corrected chi connectivity index (χ4v) is 6.47. The van der Waals surface area contributed by atoms with Gasteiger partial charge >= 0.3 is 6.03 Å². The Balaban J connectivity index is 1.62. The number of nitrogens with one attached hydrogen (secondary N) is 2. The molecule has 3 N–H and O–H groups in total. The largest absolute Gasteiger partial charge is 0.490 e. The van der Waals surface area contributed by atoms with Gasteiger partial charge in [0.2, 0.25) is 0 Å². The normalized spacial score (nSPS) is 20.4. The molecule has 2 aromatic carbocycles. The third kappa shape index (κ3) is 9.52. The van der Waals surface area contributed by atoms with Gasteiger partial charge in [-0.1, -0.05) is 6.92 Å². The highest BCUT2D eigenvalue weighted by Crippen LogP contribution is 2.29. The summed E-state index contributed by atoms with van der Waals surface area (Å²) in [5, 5.41) is 15.4. The molecule has 3 aromatic rings. The van der Waals surface area contributed by atoms with E-state index < -0.39 is 39.9 Å². The number of hydrogen-bond donors (Lipinski definition) is 3. The zero-order valence-electron chi connectivity index (χ0n) is 27.9. The average molecular weight is 689 g/mol. The van der Waals surface area contributed by atoms with Crippen LogP contribution in [-0.2, 0) is 21.8 Å². The molecule has 13 nitrogen and oxygen atoms in total. The maximum absolute atomic E-state index is 14.3. The van der Waals surface area contributed by atoms with Gasteiger partial charge < -0.3 is 34.7 Å². The number of ether oxygens (including phenoxy) is 2. The number of amides is 3. The van der Waals surface area contributed by atoms with Gasteiger partial charge in [-0.2, -0.15) is 4.31 Å². The van der Waals surface area contributed by atoms with Crippen LogP contribution in [0, 0.1) is 11.7 Å². The lowest BCUT2D eigenvalue weighted by Crippen LogP contribution is -2.48. The van der Waals surface area contributed by atoms with Crippen molar-refractivity contribution in [3.05, 3.63) is 66.4 Å². The monoisotopic (exact) mass is 688 g/mol. The number of imidazole rings is 1. The molecule has 15 heteroatoms. The quantitative estimate of drug-likeness (QED) is 0.316. The summed E-state index contributed by atoms with van der Waals surface area (Å²) >= 11 is 0. The number of aryl methyl sites for hydroxylation is 1. The van der Waals surface area contributed by atoms with E-state index in [1.807, 2.05) is 13.8 Å². The Morgan fingerprint density at radius 2 is 1.83 bits per heavy atom. The van der Waals surface area contributed by atoms with Gasteiger partial charge in [0, 0.05) is 57.3 Å². The van der Waals surface area contributed by atoms with Gasteiger partial charge in [-0.15, -0.1) is 0 Å². The summed E-state index contributed by atoms with van der Waals surface area (Å²) in [6, 6.07) is 8.85. The van der Waals surface area contributed by atoms with Crippen LogP contribution in [0.5, 0.6) is 5.75 Å². The minimum atomic E-state index is -3.90. The number of halogens is 1. The van der Waals surface area contributed by atoms with E-state index in [1.165, 1.54) is 59.1 Å². The smallest absolute Gasteiger partial charge is 0.323 e. The number of aliphatic hydroxyl groups excluding tert-OH is 1. The predicted molar refractivity (Wildman–Crippen MR) is 179 cm³/mol. The van der Waals surface area contributed by atoms with Gasteiger partial charge in [0.25, 0.3) is 15.9 Å². The summed E-state index contributed by atoms with van der Waals surface area (Å²) < 4.78 is 55.2. The van der Waals surface area contributed by atoms with E-state index in [4.69, 9.17) is 9.47 Å². The van der Waals surface area contributed by atoms with Crippen LogP contribution < -0.4 is 15.4 Å². The molecule has 0 fully saturated rings. The molecule has 262 valence electrons. The Bertz CT molecular complexity index is 1650. The van der Waals surface area contributed by atoms with E-state index in [0.717, 1.165) is 6.42 Å². The van der Waals surface area contributed by atoms with E-state index in [9.17, 15) is 27.5 Å². The Hall–Kier alpha value is -4.05. The van der Waals surface area contributed by atoms with E-state index >= 15 is 0 Å². The third-order valence-electron chi connectivity index (χ3n) is 8.20. The number of aromatic nitrogens is 2. The number of carbonyl (C=O) groups excluding carboxylic acids is 2. The van der Waals surface area contributed by atoms with Crippen LogP contribution in [0.1, 0.15) is 50.4 Å². The van der Waals surface area contributed by atoms with Crippen LogP contribution in [0.25, 0.3) is 0 Å². The highest BCUT2D eigenvalue weighted by atomic mass is 32.2. The van der Waals surface area contributed by atoms with Gasteiger partial charge in [0.15, 0.2) is 5.03 Å². The molecule has 0 aliphatic carbocycles. The molecule has 0 spiro atoms. The van der Waals surface area contributed by atoms with Crippen LogP contribution in [-0.4, -0.2) is 95.8 Å². The van der Waals surface area contributed by atoms with Crippen molar-refractivity contribution in [1.82, 2.24) is 18.8 Å². The molecule has 3 amide bonds. The van der Waals surface area contributed by atoms with Crippen molar-refractivity contribution in [2.24, 2.45) is 13.0 Å². The Labute approximate surface area is 281 Å². The number of fused-ring (bicyclic) bond motifs is 1. The standard InChI is InChI=1S/C33H45FN6O7S/c1-22-17-40(23(2)20-41)32(42)28-16-27(37-33(43)36-26-11-9-25(34)10-12-26)13-14-29(28)47-24(3)8-6-7-15-46-30(22)18-39(5)48(44,45)31-19-38(4)21-35-31/h9-14,16,19,21-24,30,41H,6-8,15,17-18,20H2,1-5H3,(H2,36,37,43)/t22-,23+,24+,30+/m1/s1. The van der Waals surface area contributed by atoms with Crippen LogP contribution in [0.2, 0.25) is 0 Å². The molecule has 48 heavy (non-hydrogen) atoms. The molecule has 0 bridgehead atoms. The number of carbonyl (C=O) groups is 2. The second kappa shape index (κ2) is 16.4. The van der Waals surface area contributed by atoms with Crippen molar-refractivity contribution >= 4 is 33.3 Å². The molecule has 4 atom stereocenters. The van der Waals surface area contributed by atoms with E-state index in [0.29, 0.717) is 36.6 Å². The molecule has 1 aliphatic heterocycles. The summed E-state index contributed by atoms with van der Waals surface area (Å²) in [5.41, 5.74) is 0.872. The summed E-state index contributed by atoms with van der Waals surface area (Å²) in [7, 11) is -0.741. The number of aliphatic hydroxyl groups is 1. The first-order valence-corrected chi connectivity index (χ1v) is 17.3. The lowest BCUT2D eigenvalue weighted by Gasteiger charge is -2.35. The van der Waals surface area contributed by atoms with Crippen molar-refractivity contribution in [3.63, 3.8) is 0 Å². The van der Waals surface area contributed by atoms with Gasteiger partial charge in [0.05, 0.1) is 36.7 Å². The number of likely N-dealkylation sites (N-methyl/N-ethyl adjacent to an activating group) is 1. The molecule has 0 saturated carbocycles. The summed E-state index contributed by atoms with van der Waals surface area (Å²) in [5.74, 6) is -0.919. The molecule has 2 heterocycles. The maximum atomic E-state index is 14.3. The van der Waals surface area contributed by atoms with Gasteiger partial charge in [0.1, 0.15) is 11.6 Å². The van der Waals surface area contributed by atoms with Crippen LogP contribution in [0.15, 0.2) is 60.0 Å². The fourth-order valence-electron chi connectivity index (χ4n) is 5.32. The zero-order chi connectivity index (χ0) is 35.0. The summed E-state index contributed by atoms with van der Waals surface area (Å²) in [6.45, 7) is 5.68. The Morgan fingerprint density at radius 1 is 1.15 bits per heavy atom. The second-order valence-electron chi connectivity index (χ2n) is 12.3. The second-order valence-corrected chi connectivity index (χ2v) is 14.3. The van der Waals surface area contributed by atoms with Gasteiger partial charge in [-0.3, -0.25) is 4.79 Å². The molecule has 0 radical (unpaired) electrons. The summed E-state index contributed by atoms with van der Waals surface area (Å²) in [6.07, 6.45) is 4.16. The SMILES string of the molecule is C[C@@H]1CN([C@@H](C)CO)C(=O)c2cc(NC(=O)Nc3ccc(F)cc3)ccc2O[C@@H](C)CCCCO[C@H]1CN(C)S(=O)(=O)c1cn(C)cn1. The van der Waals surface area contributed by atoms with E-state index in [-0.39, 0.29) is 42.3 Å². The molecular weight excluding hydrogens is 643 g/mol. The first-order chi connectivity index (χ1) is 22.8. The number of urea groups is 1. The van der Waals surface area contributed by atoms with E-state index in [2.05, 4.69) is 15.6 Å². The number of rotatable bonds is 8. The van der Waals surface area contributed by atoms with Gasteiger partial charge in [-0.05, 0) is 75.6 Å². The lowest BCUT2D eigenvalue weighted by atomic mass is 10.0. The van der Waals surface area contributed by atoms with Crippen LogP contribution in [0.3, 0.4) is 0 Å². The minimum absolute atomic E-state index is 0.0168. The molecular formula is C33H45FN6O7S. The predicted octanol–water partition coefficient (Wildman–Crippen LogP) is 4.32. The van der Waals surface area contributed by atoms with Crippen LogP contribution in [0.4, 0.5) is 20.6 Å². The number of sulfonamides is 1. The highest BCUT2D eigenvalue weighted by molar-refractivity contribution is 7.89. The van der Waals surface area contributed by atoms with E-state index in [1.54, 1.807) is 30.7 Å². The summed E-state index contributed by atoms with van der Waals surface area (Å²) in [4.78, 5) is 32.6. The molecule has 1 aromatic heterocycles. The van der Waals surface area contributed by atoms with Crippen molar-refractivity contribution in [2.75, 3.05) is 44.0 Å². The number of anilines is 2. The molecule has 0 unspecified atom stereocenters. The third-order valence-corrected chi connectivity index (χ3v) is 9.91. The maximum Gasteiger partial charge on any atom is 0.323 e. The Kier molecular flexibility index (Phi) is 12.5. The minimum Gasteiger partial charge on any atom is -0.490 e. The first-order valence-electron chi connectivity index (χ1n) is 15.9. The van der Waals surface area contributed by atoms with Crippen molar-refractivity contribution in [1.29, 1.82) is 0 Å². The molecule has 0 saturated heterocycles. The Morgan fingerprint density at radius 3 is 2.50 bits per heavy atom. The zero-order valence-corrected chi connectivity index (χ0v) is 28.7. The van der Waals surface area contributed by atoms with Crippen molar-refractivity contribution < 1.29 is 37.0 Å². The number of nitrogens with zero attached hydrogens (tertiary/aromatic N) is 4. The molecule has 1 aliphatic rings.